The van der Waals surface area contributed by atoms with Gasteiger partial charge in [0.05, 0.1) is 13.4 Å². The average molecular weight is 587 g/mol. The van der Waals surface area contributed by atoms with Gasteiger partial charge in [-0.15, -0.1) is 0 Å². The molecule has 4 atom stereocenters. The van der Waals surface area contributed by atoms with Gasteiger partial charge in [0.15, 0.2) is 0 Å². The molecule has 1 aliphatic heterocycles. The molecule has 1 saturated carbocycles. The van der Waals surface area contributed by atoms with Crippen molar-refractivity contribution in [3.8, 4) is 0 Å². The fraction of sp³-hybridized carbons (Fsp3) is 0.500. The molecule has 1 aromatic heterocycles. The van der Waals surface area contributed by atoms with Crippen molar-refractivity contribution in [2.45, 2.75) is 70.7 Å². The number of hydrogen-bond donors (Lipinski definition) is 0. The second kappa shape index (κ2) is 13.3. The van der Waals surface area contributed by atoms with Gasteiger partial charge in [0.2, 0.25) is 0 Å². The van der Waals surface area contributed by atoms with Crippen LogP contribution in [-0.2, 0) is 44.7 Å². The van der Waals surface area contributed by atoms with E-state index in [1.165, 1.54) is 20.3 Å². The SMILES string of the molecule is COC(=O)C1=CC[C@@]23CC[C@@H]([C@@](C)(/C=C/C=C(\C)C(=O)OCc4ccco4)OC2=O)[C@@]3(OC(C)=O)CC1.[Cl-].[K+]. The number of allylic oxidation sites excluding steroid dienone is 3. The summed E-state index contributed by atoms with van der Waals surface area (Å²) in [5.74, 6) is -1.73. The molecule has 3 aliphatic rings. The van der Waals surface area contributed by atoms with Crippen LogP contribution in [0.15, 0.2) is 58.3 Å². The molecule has 206 valence electrons. The van der Waals surface area contributed by atoms with Crippen molar-refractivity contribution >= 4 is 23.9 Å². The van der Waals surface area contributed by atoms with Crippen molar-refractivity contribution in [1.82, 2.24) is 0 Å². The van der Waals surface area contributed by atoms with Crippen molar-refractivity contribution in [3.05, 3.63) is 59.6 Å². The smallest absolute Gasteiger partial charge is 1.00 e. The molecule has 2 bridgehead atoms. The van der Waals surface area contributed by atoms with E-state index < -0.39 is 40.5 Å². The Balaban J connectivity index is 0.00000267. The standard InChI is InChI=1S/C28H32O9.ClH.K/c1-18(23(30)35-17-21-8-6-16-34-21)7-5-12-26(3)22-11-14-27(25(32)37-26)13-9-20(24(31)33-4)10-15-28(22,27)36-19(2)29;;/h5-9,12,16,22H,10-11,13-15,17H2,1-4H3;1H;/q;;+1/p-1/b12-5+,18-7+;;/t22-,26+,27+,28-;;/m0../s1. The van der Waals surface area contributed by atoms with Crippen LogP contribution in [0, 0.1) is 11.3 Å². The van der Waals surface area contributed by atoms with Crippen molar-refractivity contribution < 1.29 is 106 Å². The summed E-state index contributed by atoms with van der Waals surface area (Å²) in [6, 6.07) is 3.42. The molecule has 1 aromatic rings. The topological polar surface area (TPSA) is 118 Å². The monoisotopic (exact) mass is 586 g/mol. The number of carbonyl (C=O) groups excluding carboxylic acids is 4. The Morgan fingerprint density at radius 2 is 1.95 bits per heavy atom. The molecule has 11 heteroatoms. The number of esters is 4. The molecular weight excluding hydrogens is 555 g/mol. The number of methoxy groups -OCH3 is 1. The molecule has 0 spiro atoms. The number of carbonyl (C=O) groups is 4. The number of hydrogen-bond acceptors (Lipinski definition) is 9. The van der Waals surface area contributed by atoms with E-state index in [-0.39, 0.29) is 82.7 Å². The molecule has 2 aliphatic carbocycles. The van der Waals surface area contributed by atoms with E-state index in [1.807, 2.05) is 0 Å². The first kappa shape index (κ1) is 33.5. The van der Waals surface area contributed by atoms with E-state index in [4.69, 9.17) is 23.4 Å². The molecule has 39 heavy (non-hydrogen) atoms. The molecule has 0 radical (unpaired) electrons. The molecule has 0 N–H and O–H groups in total. The van der Waals surface area contributed by atoms with Crippen LogP contribution in [0.4, 0.5) is 0 Å². The molecule has 0 amide bonds. The van der Waals surface area contributed by atoms with Gasteiger partial charge in [-0.1, -0.05) is 18.2 Å². The van der Waals surface area contributed by atoms with E-state index in [0.29, 0.717) is 42.6 Å². The molecular formula is C28H32ClKO9. The predicted molar refractivity (Wildman–Crippen MR) is 130 cm³/mol. The first-order valence-electron chi connectivity index (χ1n) is 12.3. The van der Waals surface area contributed by atoms with E-state index in [9.17, 15) is 19.2 Å². The fourth-order valence-electron chi connectivity index (χ4n) is 6.09. The van der Waals surface area contributed by atoms with Crippen LogP contribution in [-0.4, -0.2) is 42.2 Å². The van der Waals surface area contributed by atoms with Crippen LogP contribution in [0.1, 0.15) is 58.6 Å². The van der Waals surface area contributed by atoms with Crippen LogP contribution in [0.3, 0.4) is 0 Å². The van der Waals surface area contributed by atoms with Crippen molar-refractivity contribution in [2.75, 3.05) is 7.11 Å². The molecule has 1 saturated heterocycles. The van der Waals surface area contributed by atoms with E-state index in [1.54, 1.807) is 50.3 Å². The third-order valence-corrected chi connectivity index (χ3v) is 7.89. The normalized spacial score (nSPS) is 29.5. The summed E-state index contributed by atoms with van der Waals surface area (Å²) < 4.78 is 27.4. The van der Waals surface area contributed by atoms with Crippen molar-refractivity contribution in [2.24, 2.45) is 11.3 Å². The minimum Gasteiger partial charge on any atom is -1.00 e. The number of rotatable bonds is 7. The molecule has 2 heterocycles. The Morgan fingerprint density at radius 1 is 1.21 bits per heavy atom. The first-order chi connectivity index (χ1) is 17.6. The van der Waals surface area contributed by atoms with Crippen LogP contribution in [0.2, 0.25) is 0 Å². The van der Waals surface area contributed by atoms with Crippen LogP contribution < -0.4 is 63.8 Å². The van der Waals surface area contributed by atoms with Gasteiger partial charge in [-0.2, -0.15) is 0 Å². The maximum absolute atomic E-state index is 13.6. The summed E-state index contributed by atoms with van der Waals surface area (Å²) in [4.78, 5) is 50.6. The van der Waals surface area contributed by atoms with Gasteiger partial charge >= 0.3 is 75.3 Å². The Hall–Kier alpha value is -1.69. The maximum Gasteiger partial charge on any atom is 1.00 e. The van der Waals surface area contributed by atoms with Gasteiger partial charge in [0.1, 0.15) is 29.0 Å². The largest absolute Gasteiger partial charge is 1.00 e. The van der Waals surface area contributed by atoms with Gasteiger partial charge in [0.25, 0.3) is 0 Å². The first-order valence-corrected chi connectivity index (χ1v) is 12.3. The van der Waals surface area contributed by atoms with E-state index >= 15 is 0 Å². The van der Waals surface area contributed by atoms with Crippen LogP contribution in [0.5, 0.6) is 0 Å². The van der Waals surface area contributed by atoms with Gasteiger partial charge < -0.3 is 35.8 Å². The number of furan rings is 1. The number of cyclic esters (lactones) is 1. The zero-order chi connectivity index (χ0) is 26.8. The number of halogens is 1. The Bertz CT molecular complexity index is 1190. The van der Waals surface area contributed by atoms with E-state index in [0.717, 1.165) is 0 Å². The zero-order valence-corrected chi connectivity index (χ0v) is 26.8. The van der Waals surface area contributed by atoms with Gasteiger partial charge in [-0.05, 0) is 64.2 Å². The summed E-state index contributed by atoms with van der Waals surface area (Å²) in [6.07, 6.45) is 10.1. The zero-order valence-electron chi connectivity index (χ0n) is 22.9. The van der Waals surface area contributed by atoms with Gasteiger partial charge in [-0.25, -0.2) is 9.59 Å². The van der Waals surface area contributed by atoms with Crippen LogP contribution >= 0.6 is 0 Å². The van der Waals surface area contributed by atoms with Gasteiger partial charge in [-0.3, -0.25) is 9.59 Å². The average Bonchev–Trinajstić information content (AvgIpc) is 3.42. The summed E-state index contributed by atoms with van der Waals surface area (Å²) in [6.45, 7) is 4.75. The molecule has 2 fully saturated rings. The number of ether oxygens (including phenoxy) is 4. The molecule has 4 rings (SSSR count). The second-order valence-electron chi connectivity index (χ2n) is 10.0. The summed E-state index contributed by atoms with van der Waals surface area (Å²) in [5, 5.41) is 0. The Morgan fingerprint density at radius 3 is 2.59 bits per heavy atom. The third kappa shape index (κ3) is 6.31. The van der Waals surface area contributed by atoms with E-state index in [2.05, 4.69) is 0 Å². The quantitative estimate of drug-likeness (QED) is 0.119. The maximum atomic E-state index is 13.6. The van der Waals surface area contributed by atoms with Gasteiger partial charge in [0, 0.05) is 24.0 Å². The fourth-order valence-corrected chi connectivity index (χ4v) is 6.09. The molecule has 0 aromatic carbocycles. The van der Waals surface area contributed by atoms with Crippen molar-refractivity contribution in [3.63, 3.8) is 0 Å². The minimum atomic E-state index is -1.14. The second-order valence-corrected chi connectivity index (χ2v) is 10.0. The predicted octanol–water partition coefficient (Wildman–Crippen LogP) is -1.87. The molecule has 9 nitrogen and oxygen atoms in total. The molecule has 0 unspecified atom stereocenters. The minimum absolute atomic E-state index is 0. The Kier molecular flexibility index (Phi) is 11.4. The van der Waals surface area contributed by atoms with Crippen molar-refractivity contribution in [1.29, 1.82) is 0 Å². The summed E-state index contributed by atoms with van der Waals surface area (Å²) >= 11 is 0. The summed E-state index contributed by atoms with van der Waals surface area (Å²) in [5.41, 5.74) is -2.50. The summed E-state index contributed by atoms with van der Waals surface area (Å²) in [7, 11) is 1.31. The van der Waals surface area contributed by atoms with Crippen LogP contribution in [0.25, 0.3) is 0 Å². The Labute approximate surface area is 276 Å². The third-order valence-electron chi connectivity index (χ3n) is 7.89.